The summed E-state index contributed by atoms with van der Waals surface area (Å²) in [5.74, 6) is -1.27. The van der Waals surface area contributed by atoms with E-state index in [-0.39, 0.29) is 18.7 Å². The highest BCUT2D eigenvalue weighted by atomic mass is 16.4. The van der Waals surface area contributed by atoms with E-state index in [0.717, 1.165) is 25.7 Å². The lowest BCUT2D eigenvalue weighted by Crippen LogP contribution is -2.54. The van der Waals surface area contributed by atoms with E-state index in [1.54, 1.807) is 9.80 Å². The molecule has 0 bridgehead atoms. The molecule has 1 heterocycles. The first-order valence-corrected chi connectivity index (χ1v) is 7.02. The summed E-state index contributed by atoms with van der Waals surface area (Å²) in [7, 11) is 0. The van der Waals surface area contributed by atoms with Gasteiger partial charge < -0.3 is 20.0 Å². The molecule has 1 saturated heterocycles. The van der Waals surface area contributed by atoms with E-state index in [2.05, 4.69) is 0 Å². The number of aliphatic hydroxyl groups is 1. The second kappa shape index (κ2) is 6.23. The molecule has 19 heavy (non-hydrogen) atoms. The maximum Gasteiger partial charge on any atom is 0.320 e. The van der Waals surface area contributed by atoms with Crippen LogP contribution in [-0.2, 0) is 4.79 Å². The highest BCUT2D eigenvalue weighted by Gasteiger charge is 2.34. The molecule has 0 aromatic carbocycles. The average molecular weight is 270 g/mol. The van der Waals surface area contributed by atoms with Crippen LogP contribution in [0.25, 0.3) is 0 Å². The van der Waals surface area contributed by atoms with Crippen LogP contribution in [0.1, 0.15) is 32.1 Å². The summed E-state index contributed by atoms with van der Waals surface area (Å²) in [6, 6.07) is 0.120. The number of rotatable bonds is 4. The molecular formula is C13H22N2O4. The second-order valence-electron chi connectivity index (χ2n) is 5.41. The summed E-state index contributed by atoms with van der Waals surface area (Å²) < 4.78 is 0. The van der Waals surface area contributed by atoms with Crippen LogP contribution in [0, 0.1) is 5.92 Å². The number of likely N-dealkylation sites (tertiary alicyclic amines) is 1. The van der Waals surface area contributed by atoms with Crippen molar-refractivity contribution in [3.63, 3.8) is 0 Å². The normalized spacial score (nSPS) is 23.8. The van der Waals surface area contributed by atoms with Gasteiger partial charge in [0, 0.05) is 25.7 Å². The molecule has 0 aromatic heterocycles. The summed E-state index contributed by atoms with van der Waals surface area (Å²) in [6.45, 7) is 1.22. The van der Waals surface area contributed by atoms with Crippen LogP contribution in [0.4, 0.5) is 4.79 Å². The third-order valence-electron chi connectivity index (χ3n) is 4.14. The largest absolute Gasteiger partial charge is 0.481 e. The molecule has 1 unspecified atom stereocenters. The Morgan fingerprint density at radius 3 is 2.47 bits per heavy atom. The number of carbonyl (C=O) groups is 2. The van der Waals surface area contributed by atoms with Crippen LogP contribution in [0.2, 0.25) is 0 Å². The molecule has 108 valence electrons. The number of piperidine rings is 1. The number of urea groups is 1. The van der Waals surface area contributed by atoms with E-state index in [1.807, 2.05) is 0 Å². The summed E-state index contributed by atoms with van der Waals surface area (Å²) in [5.41, 5.74) is 0. The zero-order valence-corrected chi connectivity index (χ0v) is 11.1. The first-order chi connectivity index (χ1) is 9.13. The van der Waals surface area contributed by atoms with E-state index in [9.17, 15) is 9.59 Å². The van der Waals surface area contributed by atoms with Gasteiger partial charge in [-0.2, -0.15) is 0 Å². The molecule has 0 spiro atoms. The molecule has 1 atom stereocenters. The molecule has 2 N–H and O–H groups in total. The quantitative estimate of drug-likeness (QED) is 0.790. The molecule has 0 aromatic rings. The van der Waals surface area contributed by atoms with Gasteiger partial charge in [-0.3, -0.25) is 4.79 Å². The molecule has 1 saturated carbocycles. The van der Waals surface area contributed by atoms with Gasteiger partial charge in [-0.25, -0.2) is 4.79 Å². The predicted molar refractivity (Wildman–Crippen MR) is 68.8 cm³/mol. The highest BCUT2D eigenvalue weighted by Crippen LogP contribution is 2.27. The molecular weight excluding hydrogens is 248 g/mol. The summed E-state index contributed by atoms with van der Waals surface area (Å²) in [4.78, 5) is 26.8. The van der Waals surface area contributed by atoms with Crippen molar-refractivity contribution >= 4 is 12.0 Å². The zero-order valence-electron chi connectivity index (χ0n) is 11.1. The third kappa shape index (κ3) is 3.18. The second-order valence-corrected chi connectivity index (χ2v) is 5.41. The van der Waals surface area contributed by atoms with E-state index in [4.69, 9.17) is 10.2 Å². The van der Waals surface area contributed by atoms with Crippen molar-refractivity contribution in [1.29, 1.82) is 0 Å². The Kier molecular flexibility index (Phi) is 4.63. The summed E-state index contributed by atoms with van der Waals surface area (Å²) in [5, 5.41) is 18.1. The summed E-state index contributed by atoms with van der Waals surface area (Å²) >= 11 is 0. The van der Waals surface area contributed by atoms with Crippen LogP contribution >= 0.6 is 0 Å². The number of hydrogen-bond acceptors (Lipinski definition) is 3. The molecule has 6 nitrogen and oxygen atoms in total. The lowest BCUT2D eigenvalue weighted by Gasteiger charge is -2.41. The van der Waals surface area contributed by atoms with Gasteiger partial charge in [-0.1, -0.05) is 0 Å². The van der Waals surface area contributed by atoms with Gasteiger partial charge in [0.15, 0.2) is 0 Å². The van der Waals surface area contributed by atoms with Crippen LogP contribution in [0.15, 0.2) is 0 Å². The average Bonchev–Trinajstić information content (AvgIpc) is 2.35. The minimum Gasteiger partial charge on any atom is -0.481 e. The van der Waals surface area contributed by atoms with Gasteiger partial charge in [-0.15, -0.1) is 0 Å². The van der Waals surface area contributed by atoms with E-state index in [0.29, 0.717) is 26.1 Å². The van der Waals surface area contributed by atoms with Gasteiger partial charge in [0.2, 0.25) is 0 Å². The number of aliphatic hydroxyl groups excluding tert-OH is 1. The van der Waals surface area contributed by atoms with Gasteiger partial charge in [0.1, 0.15) is 0 Å². The van der Waals surface area contributed by atoms with Gasteiger partial charge >= 0.3 is 12.0 Å². The van der Waals surface area contributed by atoms with Crippen LogP contribution in [0.5, 0.6) is 0 Å². The van der Waals surface area contributed by atoms with Crippen molar-refractivity contribution in [2.45, 2.75) is 38.1 Å². The van der Waals surface area contributed by atoms with Crippen molar-refractivity contribution in [1.82, 2.24) is 9.80 Å². The van der Waals surface area contributed by atoms with Gasteiger partial charge in [0.05, 0.1) is 12.5 Å². The fraction of sp³-hybridized carbons (Fsp3) is 0.846. The Morgan fingerprint density at radius 1 is 1.21 bits per heavy atom. The lowest BCUT2D eigenvalue weighted by molar-refractivity contribution is -0.143. The Bertz CT molecular complexity index is 344. The topological polar surface area (TPSA) is 81.1 Å². The Morgan fingerprint density at radius 2 is 1.95 bits per heavy atom. The Balaban J connectivity index is 1.97. The Hall–Kier alpha value is -1.30. The predicted octanol–water partition coefficient (Wildman–Crippen LogP) is 0.750. The summed E-state index contributed by atoms with van der Waals surface area (Å²) in [6.07, 6.45) is 4.48. The van der Waals surface area contributed by atoms with Crippen molar-refractivity contribution < 1.29 is 19.8 Å². The Labute approximate surface area is 113 Å². The SMILES string of the molecule is O=C(O)C1CCCN(C(=O)N(CCO)C2CCC2)C1. The number of hydrogen-bond donors (Lipinski definition) is 2. The van der Waals surface area contributed by atoms with Crippen LogP contribution in [-0.4, -0.2) is 64.3 Å². The molecule has 0 radical (unpaired) electrons. The van der Waals surface area contributed by atoms with Gasteiger partial charge in [-0.05, 0) is 32.1 Å². The molecule has 2 amide bonds. The first-order valence-electron chi connectivity index (χ1n) is 7.02. The number of carboxylic acids is 1. The van der Waals surface area contributed by atoms with Gasteiger partial charge in [0.25, 0.3) is 0 Å². The number of aliphatic carboxylic acids is 1. The molecule has 6 heteroatoms. The van der Waals surface area contributed by atoms with Crippen molar-refractivity contribution in [3.8, 4) is 0 Å². The number of carboxylic acid groups (broad SMARTS) is 1. The molecule has 2 rings (SSSR count). The highest BCUT2D eigenvalue weighted by molar-refractivity contribution is 5.77. The van der Waals surface area contributed by atoms with E-state index < -0.39 is 11.9 Å². The van der Waals surface area contributed by atoms with Crippen LogP contribution < -0.4 is 0 Å². The first kappa shape index (κ1) is 14.1. The lowest BCUT2D eigenvalue weighted by atomic mass is 9.91. The maximum atomic E-state index is 12.4. The van der Waals surface area contributed by atoms with Crippen LogP contribution in [0.3, 0.4) is 0 Å². The monoisotopic (exact) mass is 270 g/mol. The minimum absolute atomic E-state index is 0.0432. The standard InChI is InChI=1S/C13H22N2O4/c16-8-7-15(11-4-1-5-11)13(19)14-6-2-3-10(9-14)12(17)18/h10-11,16H,1-9H2,(H,17,18). The molecule has 1 aliphatic carbocycles. The molecule has 1 aliphatic heterocycles. The fourth-order valence-electron chi connectivity index (χ4n) is 2.77. The molecule has 2 aliphatic rings. The van der Waals surface area contributed by atoms with E-state index in [1.165, 1.54) is 0 Å². The third-order valence-corrected chi connectivity index (χ3v) is 4.14. The maximum absolute atomic E-state index is 12.4. The van der Waals surface area contributed by atoms with Crippen molar-refractivity contribution in [2.24, 2.45) is 5.92 Å². The zero-order chi connectivity index (χ0) is 13.8. The van der Waals surface area contributed by atoms with Crippen molar-refractivity contribution in [2.75, 3.05) is 26.2 Å². The molecule has 2 fully saturated rings. The number of amides is 2. The number of carbonyl (C=O) groups excluding carboxylic acids is 1. The van der Waals surface area contributed by atoms with Crippen molar-refractivity contribution in [3.05, 3.63) is 0 Å². The fourth-order valence-corrected chi connectivity index (χ4v) is 2.77. The minimum atomic E-state index is -0.824. The van der Waals surface area contributed by atoms with E-state index >= 15 is 0 Å². The smallest absolute Gasteiger partial charge is 0.320 e. The number of nitrogens with zero attached hydrogens (tertiary/aromatic N) is 2.